The van der Waals surface area contributed by atoms with Crippen molar-refractivity contribution in [3.63, 3.8) is 0 Å². The Morgan fingerprint density at radius 3 is 1.79 bits per heavy atom. The fourth-order valence-electron chi connectivity index (χ4n) is 4.09. The highest BCUT2D eigenvalue weighted by atomic mass is 19.1. The maximum absolute atomic E-state index is 14.9. The Morgan fingerprint density at radius 2 is 1.24 bits per heavy atom. The van der Waals surface area contributed by atoms with Crippen LogP contribution in [0.3, 0.4) is 0 Å². The maximum atomic E-state index is 14.9. The zero-order valence-electron chi connectivity index (χ0n) is 18.9. The molecule has 0 aliphatic rings. The topological polar surface area (TPSA) is 9.23 Å². The van der Waals surface area contributed by atoms with Gasteiger partial charge in [0.05, 0.1) is 12.2 Å². The Bertz CT molecular complexity index is 1240. The number of hydrogen-bond acceptors (Lipinski definition) is 1. The first-order valence-electron chi connectivity index (χ1n) is 11.1. The molecular weight excluding hydrogens is 440 g/mol. The van der Waals surface area contributed by atoms with Crippen molar-refractivity contribution in [2.75, 3.05) is 6.61 Å². The lowest BCUT2D eigenvalue weighted by atomic mass is 9.92. The lowest BCUT2D eigenvalue weighted by molar-refractivity contribution is 0.303. The van der Waals surface area contributed by atoms with Crippen molar-refractivity contribution in [2.24, 2.45) is 0 Å². The molecule has 0 saturated heterocycles. The van der Waals surface area contributed by atoms with Gasteiger partial charge in [0.2, 0.25) is 0 Å². The Morgan fingerprint density at radius 1 is 0.676 bits per heavy atom. The molecule has 0 saturated carbocycles. The quantitative estimate of drug-likeness (QED) is 0.250. The Labute approximate surface area is 196 Å². The van der Waals surface area contributed by atoms with E-state index in [4.69, 9.17) is 4.74 Å². The number of halogens is 4. The van der Waals surface area contributed by atoms with E-state index < -0.39 is 34.6 Å². The van der Waals surface area contributed by atoms with Gasteiger partial charge in [-0.2, -0.15) is 0 Å². The van der Waals surface area contributed by atoms with Gasteiger partial charge in [-0.1, -0.05) is 61.5 Å². The maximum Gasteiger partial charge on any atom is 0.190 e. The highest BCUT2D eigenvalue weighted by molar-refractivity contribution is 5.72. The number of rotatable bonds is 7. The molecule has 5 heteroatoms. The molecule has 0 aromatic heterocycles. The van der Waals surface area contributed by atoms with Crippen molar-refractivity contribution in [1.29, 1.82) is 0 Å². The molecule has 1 nitrogen and oxygen atoms in total. The fraction of sp³-hybridized carbons (Fsp3) is 0.172. The predicted octanol–water partition coefficient (Wildman–Crippen LogP) is 8.32. The summed E-state index contributed by atoms with van der Waals surface area (Å²) in [6.07, 6.45) is 0.834. The van der Waals surface area contributed by atoms with E-state index in [1.807, 2.05) is 42.5 Å². The van der Waals surface area contributed by atoms with Crippen molar-refractivity contribution in [2.45, 2.75) is 26.2 Å². The zero-order valence-corrected chi connectivity index (χ0v) is 18.9. The van der Waals surface area contributed by atoms with Crippen LogP contribution in [0.4, 0.5) is 17.6 Å². The molecule has 0 aliphatic carbocycles. The van der Waals surface area contributed by atoms with E-state index >= 15 is 0 Å². The van der Waals surface area contributed by atoms with Gasteiger partial charge in [0.1, 0.15) is 11.6 Å². The van der Waals surface area contributed by atoms with Crippen LogP contribution >= 0.6 is 0 Å². The summed E-state index contributed by atoms with van der Waals surface area (Å²) < 4.78 is 63.2. The largest absolute Gasteiger partial charge is 0.488 e. The van der Waals surface area contributed by atoms with E-state index in [2.05, 4.69) is 19.1 Å². The van der Waals surface area contributed by atoms with Crippen LogP contribution in [0, 0.1) is 23.3 Å². The van der Waals surface area contributed by atoms with Crippen LogP contribution in [0.15, 0.2) is 78.9 Å². The average molecular weight is 465 g/mol. The molecule has 174 valence electrons. The van der Waals surface area contributed by atoms with Crippen LogP contribution in [-0.2, 0) is 6.42 Å². The second kappa shape index (κ2) is 10.1. The molecule has 0 spiro atoms. The second-order valence-electron chi connectivity index (χ2n) is 8.23. The molecule has 34 heavy (non-hydrogen) atoms. The fourth-order valence-corrected chi connectivity index (χ4v) is 4.09. The summed E-state index contributed by atoms with van der Waals surface area (Å²) in [5.41, 5.74) is 2.62. The summed E-state index contributed by atoms with van der Waals surface area (Å²) in [5.74, 6) is -4.07. The number of benzene rings is 4. The third-order valence-corrected chi connectivity index (χ3v) is 5.82. The van der Waals surface area contributed by atoms with Gasteiger partial charge in [-0.3, -0.25) is 0 Å². The molecule has 0 radical (unpaired) electrons. The smallest absolute Gasteiger partial charge is 0.190 e. The van der Waals surface area contributed by atoms with Crippen LogP contribution in [0.25, 0.3) is 22.3 Å². The summed E-state index contributed by atoms with van der Waals surface area (Å²) in [6, 6.07) is 21.8. The standard InChI is InChI=1S/C29H24F4O/c1-3-34-29-26(32)16-23(17-27(29)33)28-24(30)14-22(15-25(28)31)21-11-9-19(10-12-21)13-18(2)20-7-5-4-6-8-20/h4-12,14-18H,3,13H2,1-2H3/t18-/m0/s1. The SMILES string of the molecule is CCOc1c(F)cc(-c2c(F)cc(-c3ccc(C[C@H](C)c4ccccc4)cc3)cc2F)cc1F. The first kappa shape index (κ1) is 23.6. The summed E-state index contributed by atoms with van der Waals surface area (Å²) in [7, 11) is 0. The molecule has 0 amide bonds. The lowest BCUT2D eigenvalue weighted by Crippen LogP contribution is -2.00. The van der Waals surface area contributed by atoms with Crippen molar-refractivity contribution < 1.29 is 22.3 Å². The van der Waals surface area contributed by atoms with E-state index in [9.17, 15) is 17.6 Å². The van der Waals surface area contributed by atoms with Gasteiger partial charge in [-0.05, 0) is 71.3 Å². The second-order valence-corrected chi connectivity index (χ2v) is 8.23. The summed E-state index contributed by atoms with van der Waals surface area (Å²) in [5, 5.41) is 0. The summed E-state index contributed by atoms with van der Waals surface area (Å²) in [4.78, 5) is 0. The minimum atomic E-state index is -1.01. The molecule has 0 fully saturated rings. The van der Waals surface area contributed by atoms with Crippen molar-refractivity contribution >= 4 is 0 Å². The molecule has 0 N–H and O–H groups in total. The Hall–Kier alpha value is -3.60. The van der Waals surface area contributed by atoms with Gasteiger partial charge < -0.3 is 4.74 Å². The molecule has 4 aromatic carbocycles. The van der Waals surface area contributed by atoms with Gasteiger partial charge >= 0.3 is 0 Å². The monoisotopic (exact) mass is 464 g/mol. The van der Waals surface area contributed by atoms with Gasteiger partial charge in [0.15, 0.2) is 17.4 Å². The van der Waals surface area contributed by atoms with Gasteiger partial charge in [-0.15, -0.1) is 0 Å². The molecule has 0 aliphatic heterocycles. The van der Waals surface area contributed by atoms with Crippen LogP contribution in [0.2, 0.25) is 0 Å². The van der Waals surface area contributed by atoms with E-state index in [-0.39, 0.29) is 12.2 Å². The highest BCUT2D eigenvalue weighted by Gasteiger charge is 2.19. The molecule has 1 atom stereocenters. The molecule has 4 rings (SSSR count). The van der Waals surface area contributed by atoms with Gasteiger partial charge in [-0.25, -0.2) is 17.6 Å². The van der Waals surface area contributed by atoms with Crippen molar-refractivity contribution in [3.8, 4) is 28.0 Å². The summed E-state index contributed by atoms with van der Waals surface area (Å²) >= 11 is 0. The van der Waals surface area contributed by atoms with Crippen molar-refractivity contribution in [1.82, 2.24) is 0 Å². The Balaban J connectivity index is 1.59. The first-order valence-corrected chi connectivity index (χ1v) is 11.1. The van der Waals surface area contributed by atoms with Crippen molar-refractivity contribution in [3.05, 3.63) is 113 Å². The minimum absolute atomic E-state index is 0.0641. The van der Waals surface area contributed by atoms with Crippen LogP contribution < -0.4 is 4.74 Å². The van der Waals surface area contributed by atoms with Crippen LogP contribution in [-0.4, -0.2) is 6.61 Å². The van der Waals surface area contributed by atoms with E-state index in [1.165, 1.54) is 17.7 Å². The van der Waals surface area contributed by atoms with E-state index in [0.29, 0.717) is 17.0 Å². The minimum Gasteiger partial charge on any atom is -0.488 e. The number of hydrogen-bond donors (Lipinski definition) is 0. The third-order valence-electron chi connectivity index (χ3n) is 5.82. The van der Waals surface area contributed by atoms with Crippen LogP contribution in [0.5, 0.6) is 5.75 Å². The summed E-state index contributed by atoms with van der Waals surface area (Å²) in [6.45, 7) is 3.80. The van der Waals surface area contributed by atoms with E-state index in [0.717, 1.165) is 24.1 Å². The Kier molecular flexibility index (Phi) is 7.01. The normalized spacial score (nSPS) is 11.9. The zero-order chi connectivity index (χ0) is 24.2. The lowest BCUT2D eigenvalue weighted by Gasteiger charge is -2.13. The van der Waals surface area contributed by atoms with Crippen LogP contribution in [0.1, 0.15) is 30.9 Å². The molecule has 0 heterocycles. The van der Waals surface area contributed by atoms with Gasteiger partial charge in [0, 0.05) is 0 Å². The number of ether oxygens (including phenoxy) is 1. The third kappa shape index (κ3) is 4.98. The van der Waals surface area contributed by atoms with E-state index in [1.54, 1.807) is 6.92 Å². The highest BCUT2D eigenvalue weighted by Crippen LogP contribution is 2.35. The molecule has 0 unspecified atom stereocenters. The average Bonchev–Trinajstić information content (AvgIpc) is 2.82. The first-order chi connectivity index (χ1) is 16.4. The molecular formula is C29H24F4O. The van der Waals surface area contributed by atoms with Gasteiger partial charge in [0.25, 0.3) is 0 Å². The molecule has 4 aromatic rings. The predicted molar refractivity (Wildman–Crippen MR) is 127 cm³/mol. The molecule has 0 bridgehead atoms.